The van der Waals surface area contributed by atoms with Crippen LogP contribution in [0.3, 0.4) is 0 Å². The third-order valence-corrected chi connectivity index (χ3v) is 14.2. The zero-order valence-electron chi connectivity index (χ0n) is 10.8. The number of alkyl halides is 1. The molecule has 96 valence electrons. The Bertz CT molecular complexity index is 640. The highest BCUT2D eigenvalue weighted by Gasteiger charge is 3.14. The summed E-state index contributed by atoms with van der Waals surface area (Å²) >= 11 is 3.08. The van der Waals surface area contributed by atoms with Crippen molar-refractivity contribution >= 4 is 22.6 Å². The molecule has 0 aliphatic heterocycles. The Morgan fingerprint density at radius 3 is 1.63 bits per heavy atom. The summed E-state index contributed by atoms with van der Waals surface area (Å²) in [6, 6.07) is 0. The molecule has 0 spiro atoms. The molecule has 12 aliphatic rings. The molecule has 16 atom stereocenters. The maximum atomic E-state index is 3.08. The molecule has 4 bridgehead atoms. The molecule has 12 aliphatic carbocycles. The lowest BCUT2D eigenvalue weighted by Crippen LogP contribution is -2.33. The molecule has 12 rings (SSSR count). The van der Waals surface area contributed by atoms with Crippen molar-refractivity contribution in [2.24, 2.45) is 87.8 Å². The normalized spacial score (nSPS) is 107. The van der Waals surface area contributed by atoms with Crippen LogP contribution in [0.15, 0.2) is 0 Å². The predicted molar refractivity (Wildman–Crippen MR) is 76.2 cm³/mol. The Hall–Kier alpha value is 0.730. The van der Waals surface area contributed by atoms with Crippen LogP contribution < -0.4 is 0 Å². The third-order valence-electron chi connectivity index (χ3n) is 11.8. The number of halogens is 1. The smallest absolute Gasteiger partial charge is 0.0358 e. The standard InChI is InChI=1S/C18H17I/c19-18-13-5-2-6(14(13)18)12-11(5)17(12,18)16-9-3-1-4(10(9)16)8-7(3)15(8)16/h3-15H,1-2H2/t3-,4+,5-,6+,7-,8-,9+,10+,11+,12+,13-,14-,15?,16?,17?,18?/m1/s1. The minimum absolute atomic E-state index is 0.902. The molecule has 0 heterocycles. The van der Waals surface area contributed by atoms with Crippen molar-refractivity contribution in [2.45, 2.75) is 16.3 Å². The van der Waals surface area contributed by atoms with E-state index in [1.54, 1.807) is 12.8 Å². The molecular formula is C18H17I. The first-order valence-corrected chi connectivity index (χ1v) is 10.1. The van der Waals surface area contributed by atoms with Crippen molar-refractivity contribution in [3.05, 3.63) is 0 Å². The van der Waals surface area contributed by atoms with Gasteiger partial charge in [-0.3, -0.25) is 0 Å². The van der Waals surface area contributed by atoms with Gasteiger partial charge in [0.2, 0.25) is 0 Å². The van der Waals surface area contributed by atoms with Gasteiger partial charge in [0.05, 0.1) is 0 Å². The fraction of sp³-hybridized carbons (Fsp3) is 1.00. The molecule has 0 amide bonds. The van der Waals surface area contributed by atoms with Crippen LogP contribution in [0.1, 0.15) is 12.8 Å². The Morgan fingerprint density at radius 2 is 1.21 bits per heavy atom. The molecule has 0 radical (unpaired) electrons. The van der Waals surface area contributed by atoms with Crippen LogP contribution in [-0.2, 0) is 0 Å². The summed E-state index contributed by atoms with van der Waals surface area (Å²) < 4.78 is 0.902. The summed E-state index contributed by atoms with van der Waals surface area (Å²) in [5.41, 5.74) is 2.03. The number of hydrogen-bond donors (Lipinski definition) is 0. The largest absolute Gasteiger partial charge is 0.0776 e. The first kappa shape index (κ1) is 8.39. The van der Waals surface area contributed by atoms with Crippen LogP contribution in [0.2, 0.25) is 0 Å². The van der Waals surface area contributed by atoms with Gasteiger partial charge in [0.1, 0.15) is 0 Å². The lowest BCUT2D eigenvalue weighted by molar-refractivity contribution is 0.189. The molecular weight excluding hydrogens is 343 g/mol. The van der Waals surface area contributed by atoms with Gasteiger partial charge in [-0.1, -0.05) is 22.6 Å². The van der Waals surface area contributed by atoms with E-state index in [9.17, 15) is 0 Å². The molecule has 12 fully saturated rings. The van der Waals surface area contributed by atoms with Gasteiger partial charge in [-0.25, -0.2) is 0 Å². The Labute approximate surface area is 126 Å². The second-order valence-corrected chi connectivity index (χ2v) is 12.3. The fourth-order valence-corrected chi connectivity index (χ4v) is 15.7. The van der Waals surface area contributed by atoms with E-state index < -0.39 is 0 Å². The molecule has 4 unspecified atom stereocenters. The minimum Gasteiger partial charge on any atom is -0.0776 e. The van der Waals surface area contributed by atoms with Gasteiger partial charge in [0, 0.05) is 3.42 Å². The van der Waals surface area contributed by atoms with Gasteiger partial charge in [-0.2, -0.15) is 0 Å². The average molecular weight is 360 g/mol. The zero-order chi connectivity index (χ0) is 11.4. The monoisotopic (exact) mass is 360 g/mol. The minimum atomic E-state index is 0.902. The van der Waals surface area contributed by atoms with Gasteiger partial charge in [0.25, 0.3) is 0 Å². The SMILES string of the molecule is IC12[C@@H]3[C@H]4C[C@@H]([C@H]31)[C@H]1[C@H]4C12C12C3[C@@H]4[C@H]5C[C@@H]([C@@H]34)[C@H]1[C@H]52. The quantitative estimate of drug-likeness (QED) is 0.498. The maximum absolute atomic E-state index is 3.08. The van der Waals surface area contributed by atoms with Crippen molar-refractivity contribution in [3.8, 4) is 0 Å². The van der Waals surface area contributed by atoms with Gasteiger partial charge in [0.15, 0.2) is 0 Å². The highest BCUT2D eigenvalue weighted by molar-refractivity contribution is 14.1. The Balaban J connectivity index is 1.36. The molecule has 0 N–H and O–H groups in total. The molecule has 0 aromatic rings. The molecule has 0 nitrogen and oxygen atoms in total. The Morgan fingerprint density at radius 1 is 0.632 bits per heavy atom. The van der Waals surface area contributed by atoms with Crippen molar-refractivity contribution in [1.29, 1.82) is 0 Å². The van der Waals surface area contributed by atoms with Crippen molar-refractivity contribution in [3.63, 3.8) is 0 Å². The predicted octanol–water partition coefficient (Wildman–Crippen LogP) is 3.06. The summed E-state index contributed by atoms with van der Waals surface area (Å²) in [6.07, 6.45) is 3.41. The zero-order valence-corrected chi connectivity index (χ0v) is 13.0. The van der Waals surface area contributed by atoms with Gasteiger partial charge < -0.3 is 0 Å². The second-order valence-electron chi connectivity index (χ2n) is 10.5. The van der Waals surface area contributed by atoms with Crippen molar-refractivity contribution in [2.75, 3.05) is 0 Å². The van der Waals surface area contributed by atoms with E-state index in [0.29, 0.717) is 0 Å². The van der Waals surface area contributed by atoms with E-state index in [-0.39, 0.29) is 0 Å². The van der Waals surface area contributed by atoms with Gasteiger partial charge >= 0.3 is 0 Å². The number of hydrogen-bond acceptors (Lipinski definition) is 0. The van der Waals surface area contributed by atoms with Crippen LogP contribution in [0.4, 0.5) is 0 Å². The van der Waals surface area contributed by atoms with Crippen LogP contribution in [0, 0.1) is 87.8 Å². The summed E-state index contributed by atoms with van der Waals surface area (Å²) in [7, 11) is 0. The Kier molecular flexibility index (Phi) is 0.728. The highest BCUT2D eigenvalue weighted by atomic mass is 127. The summed E-state index contributed by atoms with van der Waals surface area (Å²) in [4.78, 5) is 0. The van der Waals surface area contributed by atoms with Crippen molar-refractivity contribution < 1.29 is 0 Å². The molecule has 0 aromatic carbocycles. The van der Waals surface area contributed by atoms with E-state index in [1.807, 2.05) is 0 Å². The number of rotatable bonds is 1. The second kappa shape index (κ2) is 1.65. The first-order valence-electron chi connectivity index (χ1n) is 9.01. The molecule has 0 aromatic heterocycles. The van der Waals surface area contributed by atoms with Gasteiger partial charge in [-0.05, 0) is 101 Å². The lowest BCUT2D eigenvalue weighted by Gasteiger charge is -2.32. The third kappa shape index (κ3) is 0.385. The summed E-state index contributed by atoms with van der Waals surface area (Å²) in [5, 5.41) is 0. The van der Waals surface area contributed by atoms with Crippen LogP contribution in [0.5, 0.6) is 0 Å². The van der Waals surface area contributed by atoms with Crippen molar-refractivity contribution in [1.82, 2.24) is 0 Å². The van der Waals surface area contributed by atoms with Crippen LogP contribution >= 0.6 is 22.6 Å². The molecule has 12 saturated carbocycles. The van der Waals surface area contributed by atoms with E-state index in [4.69, 9.17) is 0 Å². The fourth-order valence-electron chi connectivity index (χ4n) is 13.0. The van der Waals surface area contributed by atoms with Gasteiger partial charge in [-0.15, -0.1) is 0 Å². The van der Waals surface area contributed by atoms with E-state index in [2.05, 4.69) is 22.6 Å². The molecule has 0 saturated heterocycles. The summed E-state index contributed by atoms with van der Waals surface area (Å²) in [6.45, 7) is 0. The first-order chi connectivity index (χ1) is 9.32. The van der Waals surface area contributed by atoms with Crippen LogP contribution in [-0.4, -0.2) is 3.42 Å². The highest BCUT2D eigenvalue weighted by Crippen LogP contribution is 3.15. The topological polar surface area (TPSA) is 0 Å². The van der Waals surface area contributed by atoms with E-state index in [0.717, 1.165) is 14.3 Å². The summed E-state index contributed by atoms with van der Waals surface area (Å²) in [5.74, 6) is 16.8. The van der Waals surface area contributed by atoms with Crippen LogP contribution in [0.25, 0.3) is 0 Å². The molecule has 1 heteroatoms. The van der Waals surface area contributed by atoms with E-state index >= 15 is 0 Å². The van der Waals surface area contributed by atoms with E-state index in [1.165, 1.54) is 76.9 Å². The maximum Gasteiger partial charge on any atom is 0.0358 e. The average Bonchev–Trinajstić information content (AvgIpc) is 3.31. The lowest BCUT2D eigenvalue weighted by atomic mass is 9.75. The molecule has 19 heavy (non-hydrogen) atoms.